The normalized spacial score (nSPS) is 10.4. The maximum Gasteiger partial charge on any atom is 0.232 e. The van der Waals surface area contributed by atoms with Crippen LogP contribution < -0.4 is 10.6 Å². The van der Waals surface area contributed by atoms with Gasteiger partial charge in [-0.05, 0) is 42.0 Å². The number of hydrogen-bond donors (Lipinski definition) is 3. The summed E-state index contributed by atoms with van der Waals surface area (Å²) in [7, 11) is 0. The molecule has 2 aromatic carbocycles. The number of aromatic amines is 1. The first-order valence-electron chi connectivity index (χ1n) is 8.37. The van der Waals surface area contributed by atoms with Gasteiger partial charge in [0.2, 0.25) is 11.8 Å². The first-order valence-corrected chi connectivity index (χ1v) is 8.77. The van der Waals surface area contributed by atoms with Gasteiger partial charge in [0.05, 0.1) is 13.0 Å². The molecule has 0 atom stereocenters. The van der Waals surface area contributed by atoms with E-state index in [0.29, 0.717) is 28.5 Å². The molecule has 1 aromatic heterocycles. The van der Waals surface area contributed by atoms with Crippen molar-refractivity contribution in [1.82, 2.24) is 14.8 Å². The molecule has 0 fully saturated rings. The highest BCUT2D eigenvalue weighted by Gasteiger charge is 2.12. The molecule has 0 saturated heterocycles. The fraction of sp³-hybridized carbons (Fsp3) is 0.158. The van der Waals surface area contributed by atoms with Gasteiger partial charge in [0, 0.05) is 18.3 Å². The topological polar surface area (TPSA) is 91.8 Å². The average Bonchev–Trinajstić information content (AvgIpc) is 2.97. The molecule has 0 bridgehead atoms. The molecule has 3 rings (SSSR count). The molecule has 0 spiro atoms. The summed E-state index contributed by atoms with van der Waals surface area (Å²) in [6.07, 6.45) is 0.0907. The Morgan fingerprint density at radius 1 is 1.04 bits per heavy atom. The summed E-state index contributed by atoms with van der Waals surface area (Å²) in [4.78, 5) is 23.4. The monoisotopic (exact) mass is 381 g/mol. The van der Waals surface area contributed by atoms with Crippen molar-refractivity contribution < 1.29 is 9.59 Å². The van der Waals surface area contributed by atoms with Crippen molar-refractivity contribution in [1.29, 1.82) is 0 Å². The van der Waals surface area contributed by atoms with Crippen LogP contribution in [0.25, 0.3) is 0 Å². The zero-order valence-electron chi connectivity index (χ0n) is 14.7. The summed E-state index contributed by atoms with van der Waals surface area (Å²) in [5, 5.41) is 12.4. The van der Waals surface area contributed by atoms with Gasteiger partial charge in [0.1, 0.15) is 5.82 Å². The van der Waals surface area contributed by atoms with Crippen molar-refractivity contribution in [3.63, 3.8) is 0 Å². The Morgan fingerprint density at radius 3 is 2.30 bits per heavy atom. The lowest BCUT2D eigenvalue weighted by atomic mass is 10.2. The van der Waals surface area contributed by atoms with Crippen LogP contribution in [0.2, 0.25) is 0 Å². The van der Waals surface area contributed by atoms with Crippen molar-refractivity contribution in [3.05, 3.63) is 70.8 Å². The van der Waals surface area contributed by atoms with E-state index in [9.17, 15) is 9.59 Å². The molecule has 27 heavy (non-hydrogen) atoms. The number of benzene rings is 2. The largest absolute Gasteiger partial charge is 0.326 e. The van der Waals surface area contributed by atoms with E-state index in [1.165, 1.54) is 6.92 Å². The first-order chi connectivity index (χ1) is 13.0. The molecule has 0 aliphatic carbocycles. The highest BCUT2D eigenvalue weighted by atomic mass is 32.1. The fourth-order valence-electron chi connectivity index (χ4n) is 2.60. The van der Waals surface area contributed by atoms with Gasteiger partial charge in [-0.1, -0.05) is 30.3 Å². The smallest absolute Gasteiger partial charge is 0.232 e. The second-order valence-electron chi connectivity index (χ2n) is 6.00. The highest BCUT2D eigenvalue weighted by molar-refractivity contribution is 7.71. The molecule has 8 heteroatoms. The number of hydrogen-bond acceptors (Lipinski definition) is 4. The Balaban J connectivity index is 1.66. The third-order valence-electron chi connectivity index (χ3n) is 3.83. The number of nitrogens with one attached hydrogen (secondary N) is 3. The lowest BCUT2D eigenvalue weighted by Crippen LogP contribution is -2.18. The molecule has 0 aliphatic rings. The first kappa shape index (κ1) is 18.5. The summed E-state index contributed by atoms with van der Waals surface area (Å²) in [6, 6.07) is 16.7. The van der Waals surface area contributed by atoms with E-state index in [0.717, 1.165) is 5.56 Å². The minimum atomic E-state index is -0.203. The third-order valence-corrected chi connectivity index (χ3v) is 4.14. The molecule has 1 heterocycles. The third kappa shape index (κ3) is 5.11. The van der Waals surface area contributed by atoms with E-state index < -0.39 is 0 Å². The maximum atomic E-state index is 12.4. The quantitative estimate of drug-likeness (QED) is 0.572. The standard InChI is InChI=1S/C19H19N5O2S/c1-13(25)20-15-7-9-16(10-8-15)21-18(26)11-17-22-23-19(27)24(17)12-14-5-3-2-4-6-14/h2-10H,11-12H2,1H3,(H,20,25)(H,21,26)(H,23,27). The maximum absolute atomic E-state index is 12.4. The van der Waals surface area contributed by atoms with Crippen molar-refractivity contribution in [2.45, 2.75) is 19.9 Å². The average molecular weight is 381 g/mol. The summed E-state index contributed by atoms with van der Waals surface area (Å²) < 4.78 is 2.28. The molecular weight excluding hydrogens is 362 g/mol. The molecule has 138 valence electrons. The van der Waals surface area contributed by atoms with Crippen LogP contribution in [-0.4, -0.2) is 26.6 Å². The molecule has 7 nitrogen and oxygen atoms in total. The van der Waals surface area contributed by atoms with Crippen molar-refractivity contribution in [2.24, 2.45) is 0 Å². The van der Waals surface area contributed by atoms with Crippen LogP contribution in [0.1, 0.15) is 18.3 Å². The number of amides is 2. The van der Waals surface area contributed by atoms with Gasteiger partial charge < -0.3 is 10.6 Å². The van der Waals surface area contributed by atoms with Crippen LogP contribution in [-0.2, 0) is 22.6 Å². The van der Waals surface area contributed by atoms with Crippen molar-refractivity contribution in [3.8, 4) is 0 Å². The number of nitrogens with zero attached hydrogens (tertiary/aromatic N) is 2. The minimum absolute atomic E-state index is 0.0907. The van der Waals surface area contributed by atoms with Gasteiger partial charge >= 0.3 is 0 Å². The fourth-order valence-corrected chi connectivity index (χ4v) is 2.82. The van der Waals surface area contributed by atoms with Crippen LogP contribution in [0.15, 0.2) is 54.6 Å². The van der Waals surface area contributed by atoms with E-state index in [-0.39, 0.29) is 18.2 Å². The summed E-state index contributed by atoms with van der Waals surface area (Å²) in [5.41, 5.74) is 2.38. The van der Waals surface area contributed by atoms with Gasteiger partial charge in [-0.3, -0.25) is 19.3 Å². The van der Waals surface area contributed by atoms with Crippen LogP contribution in [0.4, 0.5) is 11.4 Å². The predicted octanol–water partition coefficient (Wildman–Crippen LogP) is 3.13. The number of aromatic nitrogens is 3. The Hall–Kier alpha value is -3.26. The second-order valence-corrected chi connectivity index (χ2v) is 6.39. The van der Waals surface area contributed by atoms with E-state index >= 15 is 0 Å². The number of anilines is 2. The van der Waals surface area contributed by atoms with E-state index in [1.807, 2.05) is 34.9 Å². The highest BCUT2D eigenvalue weighted by Crippen LogP contribution is 2.14. The molecule has 0 aliphatic heterocycles. The van der Waals surface area contributed by atoms with E-state index in [2.05, 4.69) is 20.8 Å². The van der Waals surface area contributed by atoms with E-state index in [1.54, 1.807) is 24.3 Å². The summed E-state index contributed by atoms with van der Waals surface area (Å²) in [5.74, 6) is 0.217. The van der Waals surface area contributed by atoms with Gasteiger partial charge in [-0.2, -0.15) is 5.10 Å². The number of carbonyl (C=O) groups is 2. The van der Waals surface area contributed by atoms with Gasteiger partial charge in [0.25, 0.3) is 0 Å². The van der Waals surface area contributed by atoms with Gasteiger partial charge in [-0.15, -0.1) is 0 Å². The Morgan fingerprint density at radius 2 is 1.67 bits per heavy atom. The number of rotatable bonds is 6. The lowest BCUT2D eigenvalue weighted by Gasteiger charge is -2.09. The van der Waals surface area contributed by atoms with Crippen LogP contribution in [0.3, 0.4) is 0 Å². The molecule has 3 N–H and O–H groups in total. The molecule has 0 unspecified atom stereocenters. The van der Waals surface area contributed by atoms with Crippen molar-refractivity contribution >= 4 is 35.4 Å². The Bertz CT molecular complexity index is 993. The summed E-state index contributed by atoms with van der Waals surface area (Å²) in [6.45, 7) is 1.99. The second kappa shape index (κ2) is 8.41. The van der Waals surface area contributed by atoms with Gasteiger partial charge in [-0.25, -0.2) is 0 Å². The molecule has 0 radical (unpaired) electrons. The Kier molecular flexibility index (Phi) is 5.77. The van der Waals surface area contributed by atoms with Crippen LogP contribution >= 0.6 is 12.2 Å². The molecular formula is C19H19N5O2S. The lowest BCUT2D eigenvalue weighted by molar-refractivity contribution is -0.116. The predicted molar refractivity (Wildman–Crippen MR) is 106 cm³/mol. The van der Waals surface area contributed by atoms with E-state index in [4.69, 9.17) is 12.2 Å². The zero-order chi connectivity index (χ0) is 19.2. The number of H-pyrrole nitrogens is 1. The Labute approximate surface area is 161 Å². The minimum Gasteiger partial charge on any atom is -0.326 e. The number of carbonyl (C=O) groups excluding carboxylic acids is 2. The van der Waals surface area contributed by atoms with Crippen LogP contribution in [0, 0.1) is 4.77 Å². The summed E-state index contributed by atoms with van der Waals surface area (Å²) >= 11 is 5.28. The van der Waals surface area contributed by atoms with Crippen molar-refractivity contribution in [2.75, 3.05) is 10.6 Å². The molecule has 2 amide bonds. The zero-order valence-corrected chi connectivity index (χ0v) is 15.5. The van der Waals surface area contributed by atoms with Crippen LogP contribution in [0.5, 0.6) is 0 Å². The SMILES string of the molecule is CC(=O)Nc1ccc(NC(=O)Cc2n[nH]c(=S)n2Cc2ccccc2)cc1. The molecule has 0 saturated carbocycles. The van der Waals surface area contributed by atoms with Gasteiger partial charge in [0.15, 0.2) is 4.77 Å². The molecule has 3 aromatic rings.